The summed E-state index contributed by atoms with van der Waals surface area (Å²) in [5.74, 6) is 0.835. The minimum Gasteiger partial charge on any atom is -0.497 e. The third kappa shape index (κ3) is 9.27. The summed E-state index contributed by atoms with van der Waals surface area (Å²) < 4.78 is 10.3. The van der Waals surface area contributed by atoms with Gasteiger partial charge in [0.15, 0.2) is 0 Å². The van der Waals surface area contributed by atoms with Gasteiger partial charge in [-0.1, -0.05) is 12.1 Å². The van der Waals surface area contributed by atoms with Gasteiger partial charge >= 0.3 is 6.09 Å². The number of nitrogens with one attached hydrogen (secondary N) is 2. The average Bonchev–Trinajstić information content (AvgIpc) is 2.71. The predicted octanol–water partition coefficient (Wildman–Crippen LogP) is 2.65. The van der Waals surface area contributed by atoms with Crippen molar-refractivity contribution in [2.45, 2.75) is 64.5 Å². The van der Waals surface area contributed by atoms with Crippen molar-refractivity contribution < 1.29 is 23.9 Å². The summed E-state index contributed by atoms with van der Waals surface area (Å²) in [6.45, 7) is 6.87. The van der Waals surface area contributed by atoms with Gasteiger partial charge < -0.3 is 25.0 Å². The van der Waals surface area contributed by atoms with Gasteiger partial charge in [-0.25, -0.2) is 4.79 Å². The number of piperidine rings is 1. The van der Waals surface area contributed by atoms with E-state index in [1.165, 1.54) is 0 Å². The molecule has 0 aliphatic carbocycles. The molecule has 31 heavy (non-hydrogen) atoms. The van der Waals surface area contributed by atoms with Crippen molar-refractivity contribution in [3.63, 3.8) is 0 Å². The molecule has 0 atom stereocenters. The molecular formula is C23H35N3O5. The summed E-state index contributed by atoms with van der Waals surface area (Å²) >= 11 is 0. The van der Waals surface area contributed by atoms with E-state index in [9.17, 15) is 14.4 Å². The third-order valence-electron chi connectivity index (χ3n) is 5.02. The van der Waals surface area contributed by atoms with Crippen molar-refractivity contribution in [1.82, 2.24) is 15.5 Å². The van der Waals surface area contributed by atoms with Crippen LogP contribution < -0.4 is 15.4 Å². The minimum atomic E-state index is -0.563. The van der Waals surface area contributed by atoms with Crippen LogP contribution in [0.1, 0.15) is 52.0 Å². The third-order valence-corrected chi connectivity index (χ3v) is 5.02. The van der Waals surface area contributed by atoms with Crippen LogP contribution in [-0.4, -0.2) is 61.2 Å². The van der Waals surface area contributed by atoms with Crippen LogP contribution in [0.2, 0.25) is 0 Å². The number of carbonyl (C=O) groups is 3. The van der Waals surface area contributed by atoms with Crippen molar-refractivity contribution in [3.05, 3.63) is 29.8 Å². The first-order valence-corrected chi connectivity index (χ1v) is 10.8. The summed E-state index contributed by atoms with van der Waals surface area (Å²) in [4.78, 5) is 38.1. The Morgan fingerprint density at radius 3 is 2.29 bits per heavy atom. The highest BCUT2D eigenvalue weighted by Gasteiger charge is 2.23. The molecule has 3 amide bonds. The van der Waals surface area contributed by atoms with Crippen molar-refractivity contribution >= 4 is 17.9 Å². The van der Waals surface area contributed by atoms with E-state index >= 15 is 0 Å². The number of amides is 3. The largest absolute Gasteiger partial charge is 0.497 e. The quantitative estimate of drug-likeness (QED) is 0.657. The van der Waals surface area contributed by atoms with Gasteiger partial charge in [-0.2, -0.15) is 0 Å². The Bertz CT molecular complexity index is 735. The molecule has 1 fully saturated rings. The van der Waals surface area contributed by atoms with Gasteiger partial charge in [-0.3, -0.25) is 9.59 Å². The maximum atomic E-state index is 12.5. The number of methoxy groups -OCH3 is 1. The smallest absolute Gasteiger partial charge is 0.407 e. The van der Waals surface area contributed by atoms with Crippen molar-refractivity contribution in [1.29, 1.82) is 0 Å². The lowest BCUT2D eigenvalue weighted by Crippen LogP contribution is -2.47. The normalized spacial score (nSPS) is 14.6. The first kappa shape index (κ1) is 24.5. The molecule has 1 aromatic rings. The van der Waals surface area contributed by atoms with Gasteiger partial charge in [0.05, 0.1) is 7.11 Å². The van der Waals surface area contributed by atoms with Gasteiger partial charge in [0.1, 0.15) is 11.4 Å². The fourth-order valence-electron chi connectivity index (χ4n) is 3.37. The van der Waals surface area contributed by atoms with Crippen LogP contribution in [0.15, 0.2) is 24.3 Å². The van der Waals surface area contributed by atoms with E-state index in [0.717, 1.165) is 24.2 Å². The molecule has 2 N–H and O–H groups in total. The summed E-state index contributed by atoms with van der Waals surface area (Å²) in [5, 5.41) is 5.57. The van der Waals surface area contributed by atoms with E-state index in [2.05, 4.69) is 10.6 Å². The minimum absolute atomic E-state index is 0.0552. The number of ether oxygens (including phenoxy) is 2. The summed E-state index contributed by atoms with van der Waals surface area (Å²) in [7, 11) is 1.63. The van der Waals surface area contributed by atoms with E-state index in [0.29, 0.717) is 25.9 Å². The number of alkyl carbamates (subject to hydrolysis) is 1. The Hall–Kier alpha value is -2.77. The SMILES string of the molecule is COc1ccc(CCC(=O)N2CCC(NC(=O)CCNC(=O)OC(C)(C)C)CC2)cc1. The zero-order chi connectivity index (χ0) is 22.9. The van der Waals surface area contributed by atoms with E-state index < -0.39 is 11.7 Å². The molecule has 1 aliphatic rings. The number of likely N-dealkylation sites (tertiary alicyclic amines) is 1. The topological polar surface area (TPSA) is 97.0 Å². The number of rotatable bonds is 8. The Kier molecular flexibility index (Phi) is 9.15. The lowest BCUT2D eigenvalue weighted by Gasteiger charge is -2.32. The van der Waals surface area contributed by atoms with Gasteiger partial charge in [-0.05, 0) is 57.7 Å². The fraction of sp³-hybridized carbons (Fsp3) is 0.609. The predicted molar refractivity (Wildman–Crippen MR) is 118 cm³/mol. The molecule has 1 saturated heterocycles. The molecule has 2 rings (SSSR count). The molecule has 0 spiro atoms. The van der Waals surface area contributed by atoms with Gasteiger partial charge in [0, 0.05) is 38.5 Å². The lowest BCUT2D eigenvalue weighted by molar-refractivity contribution is -0.132. The van der Waals surface area contributed by atoms with Gasteiger partial charge in [-0.15, -0.1) is 0 Å². The van der Waals surface area contributed by atoms with Crippen LogP contribution in [0.5, 0.6) is 5.75 Å². The maximum Gasteiger partial charge on any atom is 0.407 e. The summed E-state index contributed by atoms with van der Waals surface area (Å²) in [6.07, 6.45) is 2.31. The van der Waals surface area contributed by atoms with Crippen LogP contribution >= 0.6 is 0 Å². The molecule has 0 unspecified atom stereocenters. The van der Waals surface area contributed by atoms with Crippen LogP contribution in [0, 0.1) is 0 Å². The number of hydrogen-bond donors (Lipinski definition) is 2. The second-order valence-electron chi connectivity index (χ2n) is 8.75. The number of nitrogens with zero attached hydrogens (tertiary/aromatic N) is 1. The first-order chi connectivity index (χ1) is 14.7. The van der Waals surface area contributed by atoms with Gasteiger partial charge in [0.25, 0.3) is 0 Å². The van der Waals surface area contributed by atoms with Crippen LogP contribution in [-0.2, 0) is 20.7 Å². The fourth-order valence-corrected chi connectivity index (χ4v) is 3.37. The Balaban J connectivity index is 1.62. The number of benzene rings is 1. The maximum absolute atomic E-state index is 12.5. The highest BCUT2D eigenvalue weighted by molar-refractivity contribution is 5.78. The molecule has 8 heteroatoms. The molecule has 1 aromatic carbocycles. The zero-order valence-electron chi connectivity index (χ0n) is 19.0. The molecular weight excluding hydrogens is 398 g/mol. The number of aryl methyl sites for hydroxylation is 1. The monoisotopic (exact) mass is 433 g/mol. The standard InChI is InChI=1S/C23H35N3O5/c1-23(2,3)31-22(29)24-14-11-20(27)25-18-12-15-26(16-13-18)21(28)10-7-17-5-8-19(30-4)9-6-17/h5-6,8-9,18H,7,10-16H2,1-4H3,(H,24,29)(H,25,27). The average molecular weight is 434 g/mol. The molecule has 172 valence electrons. The summed E-state index contributed by atoms with van der Waals surface area (Å²) in [5.41, 5.74) is 0.545. The van der Waals surface area contributed by atoms with E-state index in [4.69, 9.17) is 9.47 Å². The second kappa shape index (κ2) is 11.6. The Labute approximate surface area is 184 Å². The first-order valence-electron chi connectivity index (χ1n) is 10.8. The zero-order valence-corrected chi connectivity index (χ0v) is 19.0. The van der Waals surface area contributed by atoms with Crippen molar-refractivity contribution in [2.75, 3.05) is 26.7 Å². The molecule has 1 heterocycles. The lowest BCUT2D eigenvalue weighted by atomic mass is 10.0. The summed E-state index contributed by atoms with van der Waals surface area (Å²) in [6, 6.07) is 7.81. The molecule has 0 bridgehead atoms. The van der Waals surface area contributed by atoms with Crippen molar-refractivity contribution in [3.8, 4) is 5.75 Å². The van der Waals surface area contributed by atoms with E-state index in [1.54, 1.807) is 27.9 Å². The highest BCUT2D eigenvalue weighted by Crippen LogP contribution is 2.15. The molecule has 0 aromatic heterocycles. The number of hydrogen-bond acceptors (Lipinski definition) is 5. The van der Waals surface area contributed by atoms with Crippen LogP contribution in [0.3, 0.4) is 0 Å². The molecule has 0 radical (unpaired) electrons. The van der Waals surface area contributed by atoms with Crippen LogP contribution in [0.4, 0.5) is 4.79 Å². The van der Waals surface area contributed by atoms with Crippen molar-refractivity contribution in [2.24, 2.45) is 0 Å². The Morgan fingerprint density at radius 1 is 1.06 bits per heavy atom. The number of carbonyl (C=O) groups excluding carboxylic acids is 3. The van der Waals surface area contributed by atoms with E-state index in [1.807, 2.05) is 29.2 Å². The van der Waals surface area contributed by atoms with Gasteiger partial charge in [0.2, 0.25) is 11.8 Å². The molecule has 8 nitrogen and oxygen atoms in total. The Morgan fingerprint density at radius 2 is 1.71 bits per heavy atom. The second-order valence-corrected chi connectivity index (χ2v) is 8.75. The van der Waals surface area contributed by atoms with Crippen LogP contribution in [0.25, 0.3) is 0 Å². The van der Waals surface area contributed by atoms with E-state index in [-0.39, 0.29) is 30.8 Å². The highest BCUT2D eigenvalue weighted by atomic mass is 16.6. The molecule has 1 aliphatic heterocycles. The molecule has 0 saturated carbocycles.